The van der Waals surface area contributed by atoms with Crippen molar-refractivity contribution in [1.82, 2.24) is 10.2 Å². The molecule has 2 heterocycles. The number of esters is 1. The number of carbonyl (C=O) groups is 2. The lowest BCUT2D eigenvalue weighted by molar-refractivity contribution is -0.149. The van der Waals surface area contributed by atoms with Crippen LogP contribution in [0.1, 0.15) is 26.2 Å². The maximum Gasteiger partial charge on any atom is 0.317 e. The molecule has 0 spiro atoms. The molecular weight excluding hydrogens is 368 g/mol. The lowest BCUT2D eigenvalue weighted by atomic mass is 9.97. The summed E-state index contributed by atoms with van der Waals surface area (Å²) in [6, 6.07) is 3.81. The molecule has 6 nitrogen and oxygen atoms in total. The molecule has 1 aromatic carbocycles. The highest BCUT2D eigenvalue weighted by Gasteiger charge is 2.29. The van der Waals surface area contributed by atoms with Gasteiger partial charge in [-0.3, -0.25) is 4.79 Å². The zero-order chi connectivity index (χ0) is 20.1. The minimum atomic E-state index is -0.849. The topological polar surface area (TPSA) is 61.9 Å². The van der Waals surface area contributed by atoms with Crippen LogP contribution in [0.3, 0.4) is 0 Å². The third kappa shape index (κ3) is 4.91. The lowest BCUT2D eigenvalue weighted by Gasteiger charge is -2.31. The molecule has 1 N–H and O–H groups in total. The first-order valence-corrected chi connectivity index (χ1v) is 9.87. The molecule has 1 atom stereocenters. The molecule has 1 unspecified atom stereocenters. The molecular formula is C20H27F2N3O3. The Labute approximate surface area is 163 Å². The van der Waals surface area contributed by atoms with Crippen molar-refractivity contribution in [3.63, 3.8) is 0 Å². The average Bonchev–Trinajstić information content (AvgIpc) is 3.17. The Kier molecular flexibility index (Phi) is 6.70. The highest BCUT2D eigenvalue weighted by atomic mass is 19.2. The third-order valence-electron chi connectivity index (χ3n) is 5.50. The summed E-state index contributed by atoms with van der Waals surface area (Å²) in [5.41, 5.74) is 0.661. The van der Waals surface area contributed by atoms with Crippen LogP contribution >= 0.6 is 0 Å². The van der Waals surface area contributed by atoms with Gasteiger partial charge >= 0.3 is 12.0 Å². The van der Waals surface area contributed by atoms with Gasteiger partial charge in [-0.2, -0.15) is 0 Å². The molecule has 0 aliphatic carbocycles. The first-order chi connectivity index (χ1) is 13.5. The fourth-order valence-electron chi connectivity index (χ4n) is 3.84. The SMILES string of the molecule is CCOC(=O)C1CCN(C(=O)NCC2CCN(c3ccc(F)c(F)c3)C2)CC1. The van der Waals surface area contributed by atoms with E-state index in [1.807, 2.05) is 4.90 Å². The van der Waals surface area contributed by atoms with E-state index in [4.69, 9.17) is 4.74 Å². The van der Waals surface area contributed by atoms with Crippen molar-refractivity contribution in [1.29, 1.82) is 0 Å². The van der Waals surface area contributed by atoms with Gasteiger partial charge in [0, 0.05) is 44.5 Å². The molecule has 8 heteroatoms. The summed E-state index contributed by atoms with van der Waals surface area (Å²) in [4.78, 5) is 27.9. The van der Waals surface area contributed by atoms with Gasteiger partial charge < -0.3 is 19.9 Å². The Morgan fingerprint density at radius 2 is 1.89 bits per heavy atom. The molecule has 1 aromatic rings. The van der Waals surface area contributed by atoms with Gasteiger partial charge in [-0.15, -0.1) is 0 Å². The number of likely N-dealkylation sites (tertiary alicyclic amines) is 1. The van der Waals surface area contributed by atoms with Crippen molar-refractivity contribution in [3.8, 4) is 0 Å². The van der Waals surface area contributed by atoms with Crippen LogP contribution in [-0.2, 0) is 9.53 Å². The number of hydrogen-bond acceptors (Lipinski definition) is 4. The number of carbonyl (C=O) groups excluding carboxylic acids is 2. The van der Waals surface area contributed by atoms with E-state index in [0.29, 0.717) is 51.3 Å². The second-order valence-corrected chi connectivity index (χ2v) is 7.40. The molecule has 2 aliphatic rings. The van der Waals surface area contributed by atoms with Crippen LogP contribution in [0.25, 0.3) is 0 Å². The van der Waals surface area contributed by atoms with E-state index in [1.54, 1.807) is 17.9 Å². The van der Waals surface area contributed by atoms with Crippen molar-refractivity contribution >= 4 is 17.7 Å². The number of anilines is 1. The van der Waals surface area contributed by atoms with Gasteiger partial charge in [0.05, 0.1) is 12.5 Å². The van der Waals surface area contributed by atoms with Crippen LogP contribution in [0.2, 0.25) is 0 Å². The third-order valence-corrected chi connectivity index (χ3v) is 5.50. The lowest BCUT2D eigenvalue weighted by Crippen LogP contribution is -2.46. The van der Waals surface area contributed by atoms with Crippen LogP contribution in [0.5, 0.6) is 0 Å². The van der Waals surface area contributed by atoms with Gasteiger partial charge in [0.2, 0.25) is 0 Å². The molecule has 0 aromatic heterocycles. The number of urea groups is 1. The van der Waals surface area contributed by atoms with Crippen LogP contribution in [-0.4, -0.2) is 56.2 Å². The van der Waals surface area contributed by atoms with E-state index in [0.717, 1.165) is 19.0 Å². The van der Waals surface area contributed by atoms with Gasteiger partial charge in [0.25, 0.3) is 0 Å². The van der Waals surface area contributed by atoms with Crippen LogP contribution < -0.4 is 10.2 Å². The molecule has 154 valence electrons. The zero-order valence-corrected chi connectivity index (χ0v) is 16.1. The van der Waals surface area contributed by atoms with Gasteiger partial charge in [0.15, 0.2) is 11.6 Å². The van der Waals surface area contributed by atoms with Crippen molar-refractivity contribution < 1.29 is 23.1 Å². The Morgan fingerprint density at radius 3 is 2.57 bits per heavy atom. The standard InChI is InChI=1S/C20H27F2N3O3/c1-2-28-19(26)15-6-9-24(10-7-15)20(27)23-12-14-5-8-25(13-14)16-3-4-17(21)18(22)11-16/h3-4,11,14-15H,2,5-10,12-13H2,1H3,(H,23,27). The van der Waals surface area contributed by atoms with E-state index in [-0.39, 0.29) is 23.8 Å². The number of hydrogen-bond donors (Lipinski definition) is 1. The first kappa shape index (κ1) is 20.4. The highest BCUT2D eigenvalue weighted by molar-refractivity contribution is 5.76. The Bertz CT molecular complexity index is 708. The number of halogens is 2. The second kappa shape index (κ2) is 9.21. The van der Waals surface area contributed by atoms with Crippen molar-refractivity contribution in [2.45, 2.75) is 26.2 Å². The summed E-state index contributed by atoms with van der Waals surface area (Å²) in [7, 11) is 0. The smallest absolute Gasteiger partial charge is 0.317 e. The Hall–Kier alpha value is -2.38. The zero-order valence-electron chi connectivity index (χ0n) is 16.1. The van der Waals surface area contributed by atoms with Crippen molar-refractivity contribution in [2.75, 3.05) is 44.2 Å². The molecule has 2 aliphatic heterocycles. The summed E-state index contributed by atoms with van der Waals surface area (Å²) in [6.07, 6.45) is 2.13. The molecule has 0 bridgehead atoms. The summed E-state index contributed by atoms with van der Waals surface area (Å²) >= 11 is 0. The number of rotatable bonds is 5. The molecule has 2 fully saturated rings. The molecule has 2 amide bonds. The predicted octanol–water partition coefficient (Wildman–Crippen LogP) is 2.78. The van der Waals surface area contributed by atoms with Crippen LogP contribution in [0, 0.1) is 23.5 Å². The van der Waals surface area contributed by atoms with Crippen molar-refractivity contribution in [3.05, 3.63) is 29.8 Å². The summed E-state index contributed by atoms with van der Waals surface area (Å²) < 4.78 is 31.5. The van der Waals surface area contributed by atoms with E-state index in [9.17, 15) is 18.4 Å². The molecule has 0 saturated carbocycles. The van der Waals surface area contributed by atoms with Crippen LogP contribution in [0.4, 0.5) is 19.3 Å². The van der Waals surface area contributed by atoms with Crippen LogP contribution in [0.15, 0.2) is 18.2 Å². The van der Waals surface area contributed by atoms with Gasteiger partial charge in [-0.05, 0) is 44.2 Å². The second-order valence-electron chi connectivity index (χ2n) is 7.40. The summed E-state index contributed by atoms with van der Waals surface area (Å²) in [6.45, 7) is 5.23. The number of piperidine rings is 1. The Morgan fingerprint density at radius 1 is 1.14 bits per heavy atom. The molecule has 28 heavy (non-hydrogen) atoms. The van der Waals surface area contributed by atoms with Gasteiger partial charge in [-0.25, -0.2) is 13.6 Å². The summed E-state index contributed by atoms with van der Waals surface area (Å²) in [5.74, 6) is -1.73. The summed E-state index contributed by atoms with van der Waals surface area (Å²) in [5, 5.41) is 2.97. The number of amides is 2. The number of ether oxygens (including phenoxy) is 1. The molecule has 0 radical (unpaired) electrons. The number of nitrogens with one attached hydrogen (secondary N) is 1. The fourth-order valence-corrected chi connectivity index (χ4v) is 3.84. The van der Waals surface area contributed by atoms with Crippen molar-refractivity contribution in [2.24, 2.45) is 11.8 Å². The normalized spacial score (nSPS) is 20.3. The fraction of sp³-hybridized carbons (Fsp3) is 0.600. The Balaban J connectivity index is 1.41. The maximum absolute atomic E-state index is 13.4. The molecule has 2 saturated heterocycles. The highest BCUT2D eigenvalue weighted by Crippen LogP contribution is 2.25. The molecule has 3 rings (SSSR count). The van der Waals surface area contributed by atoms with Gasteiger partial charge in [-0.1, -0.05) is 0 Å². The first-order valence-electron chi connectivity index (χ1n) is 9.87. The van der Waals surface area contributed by atoms with E-state index in [2.05, 4.69) is 5.32 Å². The quantitative estimate of drug-likeness (QED) is 0.779. The number of benzene rings is 1. The minimum Gasteiger partial charge on any atom is -0.466 e. The maximum atomic E-state index is 13.4. The van der Waals surface area contributed by atoms with E-state index >= 15 is 0 Å². The van der Waals surface area contributed by atoms with E-state index in [1.165, 1.54) is 6.07 Å². The average molecular weight is 395 g/mol. The van der Waals surface area contributed by atoms with E-state index < -0.39 is 11.6 Å². The predicted molar refractivity (Wildman–Crippen MR) is 101 cm³/mol. The minimum absolute atomic E-state index is 0.117. The number of nitrogens with zero attached hydrogens (tertiary/aromatic N) is 2. The largest absolute Gasteiger partial charge is 0.466 e. The van der Waals surface area contributed by atoms with Gasteiger partial charge in [0.1, 0.15) is 0 Å². The monoisotopic (exact) mass is 395 g/mol.